The van der Waals surface area contributed by atoms with Crippen LogP contribution in [0, 0.1) is 11.3 Å². The van der Waals surface area contributed by atoms with E-state index in [4.69, 9.17) is 4.74 Å². The molecule has 0 atom stereocenters. The molecule has 0 spiro atoms. The van der Waals surface area contributed by atoms with Gasteiger partial charge in [-0.2, -0.15) is 5.26 Å². The van der Waals surface area contributed by atoms with E-state index in [1.807, 2.05) is 65.4 Å². The topological polar surface area (TPSA) is 79.9 Å². The molecule has 1 heterocycles. The highest BCUT2D eigenvalue weighted by atomic mass is 16.5. The first kappa shape index (κ1) is 18.9. The Bertz CT molecular complexity index is 973. The van der Waals surface area contributed by atoms with Crippen molar-refractivity contribution in [3.8, 4) is 17.6 Å². The molecule has 0 saturated heterocycles. The molecule has 0 bridgehead atoms. The molecule has 1 N–H and O–H groups in total. The third kappa shape index (κ3) is 5.58. The predicted octanol–water partition coefficient (Wildman–Crippen LogP) is 3.79. The van der Waals surface area contributed by atoms with Crippen LogP contribution in [0.25, 0.3) is 6.08 Å². The molecule has 0 aliphatic carbocycles. The van der Waals surface area contributed by atoms with Crippen LogP contribution >= 0.6 is 0 Å². The summed E-state index contributed by atoms with van der Waals surface area (Å²) in [5.41, 5.74) is 0.776. The first-order chi connectivity index (χ1) is 13.7. The molecule has 2 aromatic carbocycles. The summed E-state index contributed by atoms with van der Waals surface area (Å²) in [6, 6.07) is 18.6. The van der Waals surface area contributed by atoms with E-state index in [0.717, 1.165) is 24.3 Å². The van der Waals surface area contributed by atoms with E-state index in [1.165, 1.54) is 0 Å². The number of aromatic nitrogens is 2. The minimum Gasteiger partial charge on any atom is -0.457 e. The SMILES string of the molecule is N#CC(=Cc1cccc(Oc2ccccc2)c1)C(=O)NCCCn1ccnc1. The molecule has 140 valence electrons. The van der Waals surface area contributed by atoms with Gasteiger partial charge in [-0.25, -0.2) is 4.98 Å². The first-order valence-corrected chi connectivity index (χ1v) is 8.93. The van der Waals surface area contributed by atoms with Crippen LogP contribution in [0.15, 0.2) is 78.9 Å². The van der Waals surface area contributed by atoms with Crippen LogP contribution in [-0.2, 0) is 11.3 Å². The number of para-hydroxylation sites is 1. The number of nitrogens with zero attached hydrogens (tertiary/aromatic N) is 3. The molecule has 0 fully saturated rings. The summed E-state index contributed by atoms with van der Waals surface area (Å²) in [6.45, 7) is 1.23. The van der Waals surface area contributed by atoms with Crippen molar-refractivity contribution >= 4 is 12.0 Å². The molecule has 1 aromatic heterocycles. The van der Waals surface area contributed by atoms with Crippen LogP contribution in [0.1, 0.15) is 12.0 Å². The Kier molecular flexibility index (Phi) is 6.58. The summed E-state index contributed by atoms with van der Waals surface area (Å²) in [5, 5.41) is 12.1. The Labute approximate surface area is 163 Å². The van der Waals surface area contributed by atoms with Crippen molar-refractivity contribution in [3.05, 3.63) is 84.5 Å². The van der Waals surface area contributed by atoms with Crippen LogP contribution in [-0.4, -0.2) is 22.0 Å². The van der Waals surface area contributed by atoms with Gasteiger partial charge in [0.05, 0.1) is 6.33 Å². The second-order valence-electron chi connectivity index (χ2n) is 6.07. The number of benzene rings is 2. The van der Waals surface area contributed by atoms with E-state index in [1.54, 1.807) is 24.7 Å². The zero-order chi connectivity index (χ0) is 19.6. The summed E-state index contributed by atoms with van der Waals surface area (Å²) >= 11 is 0. The maximum Gasteiger partial charge on any atom is 0.261 e. The quantitative estimate of drug-likeness (QED) is 0.371. The molecule has 28 heavy (non-hydrogen) atoms. The lowest BCUT2D eigenvalue weighted by atomic mass is 10.1. The molecular weight excluding hydrogens is 352 g/mol. The van der Waals surface area contributed by atoms with E-state index < -0.39 is 0 Å². The second-order valence-corrected chi connectivity index (χ2v) is 6.07. The number of hydrogen-bond acceptors (Lipinski definition) is 4. The lowest BCUT2D eigenvalue weighted by Crippen LogP contribution is -2.26. The lowest BCUT2D eigenvalue weighted by molar-refractivity contribution is -0.117. The monoisotopic (exact) mass is 372 g/mol. The Morgan fingerprint density at radius 1 is 1.18 bits per heavy atom. The smallest absolute Gasteiger partial charge is 0.261 e. The number of carbonyl (C=O) groups is 1. The van der Waals surface area contributed by atoms with Gasteiger partial charge < -0.3 is 14.6 Å². The van der Waals surface area contributed by atoms with Gasteiger partial charge >= 0.3 is 0 Å². The van der Waals surface area contributed by atoms with Crippen LogP contribution < -0.4 is 10.1 Å². The Morgan fingerprint density at radius 3 is 2.75 bits per heavy atom. The van der Waals surface area contributed by atoms with Crippen molar-refractivity contribution < 1.29 is 9.53 Å². The number of imidazole rings is 1. The van der Waals surface area contributed by atoms with E-state index in [-0.39, 0.29) is 11.5 Å². The summed E-state index contributed by atoms with van der Waals surface area (Å²) in [7, 11) is 0. The number of nitriles is 1. The number of hydrogen-bond donors (Lipinski definition) is 1. The maximum atomic E-state index is 12.3. The average Bonchev–Trinajstić information content (AvgIpc) is 3.24. The predicted molar refractivity (Wildman–Crippen MR) is 106 cm³/mol. The van der Waals surface area contributed by atoms with Crippen molar-refractivity contribution in [3.63, 3.8) is 0 Å². The lowest BCUT2D eigenvalue weighted by Gasteiger charge is -2.07. The highest BCUT2D eigenvalue weighted by Gasteiger charge is 2.08. The molecule has 0 aliphatic rings. The van der Waals surface area contributed by atoms with Crippen molar-refractivity contribution in [2.75, 3.05) is 6.54 Å². The van der Waals surface area contributed by atoms with E-state index in [0.29, 0.717) is 12.3 Å². The van der Waals surface area contributed by atoms with Gasteiger partial charge in [0.1, 0.15) is 23.1 Å². The van der Waals surface area contributed by atoms with E-state index in [2.05, 4.69) is 10.3 Å². The number of aryl methyl sites for hydroxylation is 1. The van der Waals surface area contributed by atoms with Crippen molar-refractivity contribution in [1.82, 2.24) is 14.9 Å². The van der Waals surface area contributed by atoms with Gasteiger partial charge in [0.2, 0.25) is 0 Å². The molecule has 1 amide bonds. The molecule has 3 rings (SSSR count). The van der Waals surface area contributed by atoms with Crippen molar-refractivity contribution in [1.29, 1.82) is 5.26 Å². The highest BCUT2D eigenvalue weighted by Crippen LogP contribution is 2.22. The van der Waals surface area contributed by atoms with E-state index in [9.17, 15) is 10.1 Å². The molecule has 6 heteroatoms. The molecular formula is C22H20N4O2. The number of nitrogens with one attached hydrogen (secondary N) is 1. The van der Waals surface area contributed by atoms with Gasteiger partial charge in [-0.15, -0.1) is 0 Å². The minimum atomic E-state index is -0.387. The second kappa shape index (κ2) is 9.74. The number of ether oxygens (including phenoxy) is 1. The van der Waals surface area contributed by atoms with Crippen LogP contribution in [0.3, 0.4) is 0 Å². The molecule has 0 aliphatic heterocycles. The summed E-state index contributed by atoms with van der Waals surface area (Å²) in [4.78, 5) is 16.2. The zero-order valence-electron chi connectivity index (χ0n) is 15.3. The Morgan fingerprint density at radius 2 is 2.00 bits per heavy atom. The standard InChI is InChI=1S/C22H20N4O2/c23-16-19(22(27)25-10-5-12-26-13-11-24-17-26)14-18-6-4-9-21(15-18)28-20-7-2-1-3-8-20/h1-4,6-9,11,13-15,17H,5,10,12H2,(H,25,27). The number of carbonyl (C=O) groups excluding carboxylic acids is 1. The number of amides is 1. The largest absolute Gasteiger partial charge is 0.457 e. The fraction of sp³-hybridized carbons (Fsp3) is 0.136. The molecule has 0 radical (unpaired) electrons. The third-order valence-electron chi connectivity index (χ3n) is 3.95. The fourth-order valence-corrected chi connectivity index (χ4v) is 2.59. The Hall–Kier alpha value is -3.85. The molecule has 6 nitrogen and oxygen atoms in total. The zero-order valence-corrected chi connectivity index (χ0v) is 15.3. The van der Waals surface area contributed by atoms with Gasteiger partial charge in [0.25, 0.3) is 5.91 Å². The minimum absolute atomic E-state index is 0.0551. The van der Waals surface area contributed by atoms with Crippen LogP contribution in [0.2, 0.25) is 0 Å². The fourth-order valence-electron chi connectivity index (χ4n) is 2.59. The molecule has 3 aromatic rings. The van der Waals surface area contributed by atoms with Crippen molar-refractivity contribution in [2.24, 2.45) is 0 Å². The number of rotatable bonds is 8. The summed E-state index contributed by atoms with van der Waals surface area (Å²) in [6.07, 6.45) is 7.62. The third-order valence-corrected chi connectivity index (χ3v) is 3.95. The summed E-state index contributed by atoms with van der Waals surface area (Å²) < 4.78 is 7.73. The molecule has 0 saturated carbocycles. The average molecular weight is 372 g/mol. The normalized spacial score (nSPS) is 10.9. The summed E-state index contributed by atoms with van der Waals surface area (Å²) in [5.74, 6) is 0.972. The van der Waals surface area contributed by atoms with E-state index >= 15 is 0 Å². The van der Waals surface area contributed by atoms with Gasteiger partial charge in [-0.1, -0.05) is 30.3 Å². The highest BCUT2D eigenvalue weighted by molar-refractivity contribution is 6.01. The van der Waals surface area contributed by atoms with Gasteiger partial charge in [0.15, 0.2) is 0 Å². The maximum absolute atomic E-state index is 12.3. The van der Waals surface area contributed by atoms with Gasteiger partial charge in [0, 0.05) is 25.5 Å². The van der Waals surface area contributed by atoms with Gasteiger partial charge in [-0.3, -0.25) is 4.79 Å². The van der Waals surface area contributed by atoms with Crippen LogP contribution in [0.4, 0.5) is 0 Å². The Balaban J connectivity index is 1.59. The van der Waals surface area contributed by atoms with Gasteiger partial charge in [-0.05, 0) is 42.3 Å². The van der Waals surface area contributed by atoms with Crippen molar-refractivity contribution in [2.45, 2.75) is 13.0 Å². The molecule has 0 unspecified atom stereocenters. The first-order valence-electron chi connectivity index (χ1n) is 8.93. The van der Waals surface area contributed by atoms with Crippen LogP contribution in [0.5, 0.6) is 11.5 Å².